The number of rotatable bonds is 6. The Morgan fingerprint density at radius 2 is 2.12 bits per heavy atom. The van der Waals surface area contributed by atoms with E-state index in [0.717, 1.165) is 25.2 Å². The van der Waals surface area contributed by atoms with E-state index in [1.165, 1.54) is 5.56 Å². The fourth-order valence-corrected chi connectivity index (χ4v) is 1.88. The van der Waals surface area contributed by atoms with Gasteiger partial charge in [-0.2, -0.15) is 5.10 Å². The van der Waals surface area contributed by atoms with Gasteiger partial charge in [0.15, 0.2) is 0 Å². The van der Waals surface area contributed by atoms with Crippen molar-refractivity contribution in [1.29, 1.82) is 0 Å². The first-order valence-electron chi connectivity index (χ1n) is 6.33. The Balaban J connectivity index is 2.39. The Hall–Kier alpha value is -0.870. The molecule has 4 heteroatoms. The van der Waals surface area contributed by atoms with Gasteiger partial charge in [-0.05, 0) is 32.9 Å². The Labute approximate surface area is 105 Å². The van der Waals surface area contributed by atoms with E-state index in [2.05, 4.69) is 44.0 Å². The van der Waals surface area contributed by atoms with E-state index >= 15 is 0 Å². The molecule has 0 aliphatic heterocycles. The first kappa shape index (κ1) is 14.2. The van der Waals surface area contributed by atoms with Gasteiger partial charge in [0.1, 0.15) is 0 Å². The van der Waals surface area contributed by atoms with Crippen LogP contribution in [0.1, 0.15) is 31.5 Å². The molecule has 2 N–H and O–H groups in total. The second-order valence-corrected chi connectivity index (χ2v) is 5.35. The Bertz CT molecular complexity index is 343. The summed E-state index contributed by atoms with van der Waals surface area (Å²) in [6.45, 7) is 8.40. The summed E-state index contributed by atoms with van der Waals surface area (Å²) in [6.07, 6.45) is 3.14. The molecule has 1 heterocycles. The molecular weight excluding hydrogens is 212 g/mol. The van der Waals surface area contributed by atoms with Gasteiger partial charge in [-0.3, -0.25) is 4.68 Å². The van der Waals surface area contributed by atoms with Crippen molar-refractivity contribution in [3.63, 3.8) is 0 Å². The van der Waals surface area contributed by atoms with Crippen molar-refractivity contribution in [2.24, 2.45) is 18.7 Å². The average molecular weight is 238 g/mol. The quantitative estimate of drug-likeness (QED) is 0.817. The van der Waals surface area contributed by atoms with E-state index in [1.54, 1.807) is 0 Å². The van der Waals surface area contributed by atoms with Crippen LogP contribution in [-0.4, -0.2) is 34.3 Å². The third-order valence-electron chi connectivity index (χ3n) is 3.26. The summed E-state index contributed by atoms with van der Waals surface area (Å²) in [4.78, 5) is 2.31. The standard InChI is InChI=1S/C13H26N4/c1-10(2)13(14)6-7-16(4)8-12-9-17(5)15-11(12)3/h9-10,13H,6-8,14H2,1-5H3. The maximum Gasteiger partial charge on any atom is 0.0638 e. The zero-order valence-electron chi connectivity index (χ0n) is 11.8. The predicted octanol–water partition coefficient (Wildman–Crippen LogP) is 1.53. The van der Waals surface area contributed by atoms with E-state index < -0.39 is 0 Å². The zero-order chi connectivity index (χ0) is 13.0. The Morgan fingerprint density at radius 1 is 1.47 bits per heavy atom. The van der Waals surface area contributed by atoms with E-state index in [1.807, 2.05) is 11.7 Å². The highest BCUT2D eigenvalue weighted by molar-refractivity contribution is 5.14. The summed E-state index contributed by atoms with van der Waals surface area (Å²) in [7, 11) is 4.10. The lowest BCUT2D eigenvalue weighted by molar-refractivity contribution is 0.296. The van der Waals surface area contributed by atoms with E-state index in [4.69, 9.17) is 5.73 Å². The van der Waals surface area contributed by atoms with Gasteiger partial charge in [0.05, 0.1) is 5.69 Å². The molecule has 0 aromatic carbocycles. The van der Waals surface area contributed by atoms with Gasteiger partial charge in [0.25, 0.3) is 0 Å². The fourth-order valence-electron chi connectivity index (χ4n) is 1.88. The van der Waals surface area contributed by atoms with Crippen molar-refractivity contribution in [2.45, 2.75) is 39.8 Å². The van der Waals surface area contributed by atoms with Crippen LogP contribution in [0.15, 0.2) is 6.20 Å². The molecule has 0 aliphatic carbocycles. The molecule has 17 heavy (non-hydrogen) atoms. The van der Waals surface area contributed by atoms with Gasteiger partial charge in [-0.1, -0.05) is 13.8 Å². The number of nitrogens with two attached hydrogens (primary N) is 1. The van der Waals surface area contributed by atoms with Crippen LogP contribution < -0.4 is 5.73 Å². The maximum atomic E-state index is 6.05. The minimum absolute atomic E-state index is 0.299. The molecule has 0 fully saturated rings. The molecule has 0 saturated carbocycles. The van der Waals surface area contributed by atoms with Crippen LogP contribution in [0.2, 0.25) is 0 Å². The monoisotopic (exact) mass is 238 g/mol. The number of aromatic nitrogens is 2. The minimum Gasteiger partial charge on any atom is -0.327 e. The molecule has 98 valence electrons. The van der Waals surface area contributed by atoms with E-state index in [9.17, 15) is 0 Å². The third-order valence-corrected chi connectivity index (χ3v) is 3.26. The van der Waals surface area contributed by atoms with Gasteiger partial charge in [-0.25, -0.2) is 0 Å². The molecule has 1 atom stereocenters. The molecular formula is C13H26N4. The topological polar surface area (TPSA) is 47.1 Å². The lowest BCUT2D eigenvalue weighted by Crippen LogP contribution is -2.31. The Kier molecular flexibility index (Phi) is 5.15. The lowest BCUT2D eigenvalue weighted by atomic mass is 10.0. The second-order valence-electron chi connectivity index (χ2n) is 5.35. The van der Waals surface area contributed by atoms with Crippen LogP contribution in [0.5, 0.6) is 0 Å². The van der Waals surface area contributed by atoms with Gasteiger partial charge >= 0.3 is 0 Å². The molecule has 1 unspecified atom stereocenters. The molecule has 1 aromatic rings. The van der Waals surface area contributed by atoms with Crippen LogP contribution in [0, 0.1) is 12.8 Å². The van der Waals surface area contributed by atoms with Crippen molar-refractivity contribution in [1.82, 2.24) is 14.7 Å². The van der Waals surface area contributed by atoms with E-state index in [-0.39, 0.29) is 0 Å². The van der Waals surface area contributed by atoms with Crippen molar-refractivity contribution in [3.05, 3.63) is 17.5 Å². The molecule has 0 amide bonds. The summed E-state index contributed by atoms with van der Waals surface area (Å²) >= 11 is 0. The van der Waals surface area contributed by atoms with Crippen molar-refractivity contribution in [3.8, 4) is 0 Å². The summed E-state index contributed by atoms with van der Waals surface area (Å²) in [5.74, 6) is 0.559. The predicted molar refractivity (Wildman–Crippen MR) is 71.7 cm³/mol. The second kappa shape index (κ2) is 6.17. The summed E-state index contributed by atoms with van der Waals surface area (Å²) in [6, 6.07) is 0.299. The molecule has 4 nitrogen and oxygen atoms in total. The molecule has 0 radical (unpaired) electrons. The van der Waals surface area contributed by atoms with Gasteiger partial charge in [0, 0.05) is 31.4 Å². The molecule has 0 saturated heterocycles. The highest BCUT2D eigenvalue weighted by Crippen LogP contribution is 2.09. The highest BCUT2D eigenvalue weighted by Gasteiger charge is 2.10. The third kappa shape index (κ3) is 4.48. The minimum atomic E-state index is 0.299. The Morgan fingerprint density at radius 3 is 2.59 bits per heavy atom. The first-order chi connectivity index (χ1) is 7.90. The number of nitrogens with zero attached hydrogens (tertiary/aromatic N) is 3. The largest absolute Gasteiger partial charge is 0.327 e. The first-order valence-corrected chi connectivity index (χ1v) is 6.33. The fraction of sp³-hybridized carbons (Fsp3) is 0.769. The normalized spacial score (nSPS) is 13.6. The number of aryl methyl sites for hydroxylation is 2. The van der Waals surface area contributed by atoms with Crippen LogP contribution in [0.25, 0.3) is 0 Å². The van der Waals surface area contributed by atoms with E-state index in [0.29, 0.717) is 12.0 Å². The smallest absolute Gasteiger partial charge is 0.0638 e. The number of hydrogen-bond acceptors (Lipinski definition) is 3. The molecule has 0 spiro atoms. The van der Waals surface area contributed by atoms with Crippen LogP contribution in [-0.2, 0) is 13.6 Å². The highest BCUT2D eigenvalue weighted by atomic mass is 15.3. The van der Waals surface area contributed by atoms with Gasteiger partial charge in [-0.15, -0.1) is 0 Å². The van der Waals surface area contributed by atoms with Gasteiger partial charge < -0.3 is 10.6 Å². The van der Waals surface area contributed by atoms with Gasteiger partial charge in [0.2, 0.25) is 0 Å². The summed E-state index contributed by atoms with van der Waals surface area (Å²) in [5, 5.41) is 4.35. The molecule has 1 rings (SSSR count). The molecule has 0 aliphatic rings. The maximum absolute atomic E-state index is 6.05. The van der Waals surface area contributed by atoms with Crippen LogP contribution in [0.3, 0.4) is 0 Å². The zero-order valence-corrected chi connectivity index (χ0v) is 11.8. The summed E-state index contributed by atoms with van der Waals surface area (Å²) < 4.78 is 1.87. The van der Waals surface area contributed by atoms with Crippen LogP contribution in [0.4, 0.5) is 0 Å². The van der Waals surface area contributed by atoms with Crippen molar-refractivity contribution in [2.75, 3.05) is 13.6 Å². The SMILES string of the molecule is Cc1nn(C)cc1CN(C)CCC(N)C(C)C. The number of hydrogen-bond donors (Lipinski definition) is 1. The summed E-state index contributed by atoms with van der Waals surface area (Å²) in [5.41, 5.74) is 8.47. The molecule has 0 bridgehead atoms. The lowest BCUT2D eigenvalue weighted by Gasteiger charge is -2.21. The van der Waals surface area contributed by atoms with Crippen molar-refractivity contribution < 1.29 is 0 Å². The average Bonchev–Trinajstić information content (AvgIpc) is 2.53. The molecule has 1 aromatic heterocycles. The van der Waals surface area contributed by atoms with Crippen molar-refractivity contribution >= 4 is 0 Å². The van der Waals surface area contributed by atoms with Crippen LogP contribution >= 0.6 is 0 Å².